The van der Waals surface area contributed by atoms with Gasteiger partial charge in [-0.1, -0.05) is 250 Å². The van der Waals surface area contributed by atoms with Gasteiger partial charge in [-0.05, 0) is 44.9 Å². The van der Waals surface area contributed by atoms with Gasteiger partial charge in [0.25, 0.3) is 0 Å². The summed E-state index contributed by atoms with van der Waals surface area (Å²) >= 11 is 0. The number of hydrogen-bond acceptors (Lipinski definition) is 11. The Morgan fingerprint density at radius 1 is 0.535 bits per heavy atom. The Morgan fingerprint density at radius 3 is 1.37 bits per heavy atom. The molecule has 0 bridgehead atoms. The summed E-state index contributed by atoms with van der Waals surface area (Å²) in [6.07, 6.45) is 50.7. The first-order valence-electron chi connectivity index (χ1n) is 29.6. The number of carbonyl (C=O) groups is 1. The van der Waals surface area contributed by atoms with Crippen LogP contribution in [0.15, 0.2) is 24.3 Å². The molecule has 0 radical (unpaired) electrons. The number of rotatable bonds is 53. The van der Waals surface area contributed by atoms with Crippen molar-refractivity contribution >= 4 is 16.4 Å². The number of esters is 1. The molecule has 1 heterocycles. The first kappa shape index (κ1) is 67.6. The molecule has 1 rings (SSSR count). The van der Waals surface area contributed by atoms with Crippen LogP contribution >= 0.6 is 0 Å². The van der Waals surface area contributed by atoms with E-state index in [0.717, 1.165) is 44.9 Å². The summed E-state index contributed by atoms with van der Waals surface area (Å²) in [7, 11) is -5.07. The maximum atomic E-state index is 13.0. The molecule has 0 aliphatic carbocycles. The first-order chi connectivity index (χ1) is 34.6. The van der Waals surface area contributed by atoms with Gasteiger partial charge in [-0.25, -0.2) is 4.18 Å². The minimum Gasteiger partial charge on any atom is -0.457 e. The van der Waals surface area contributed by atoms with Crippen molar-refractivity contribution in [3.63, 3.8) is 0 Å². The maximum absolute atomic E-state index is 13.0. The fourth-order valence-corrected chi connectivity index (χ4v) is 9.86. The van der Waals surface area contributed by atoms with Gasteiger partial charge >= 0.3 is 16.4 Å². The third kappa shape index (κ3) is 42.5. The molecular formula is C58H110O12S. The van der Waals surface area contributed by atoms with Gasteiger partial charge in [-0.3, -0.25) is 9.35 Å². The third-order valence-corrected chi connectivity index (χ3v) is 14.3. The molecule has 1 saturated heterocycles. The van der Waals surface area contributed by atoms with E-state index in [1.54, 1.807) is 0 Å². The second kappa shape index (κ2) is 49.5. The van der Waals surface area contributed by atoms with E-state index in [2.05, 4.69) is 42.3 Å². The van der Waals surface area contributed by atoms with E-state index in [9.17, 15) is 33.1 Å². The van der Waals surface area contributed by atoms with Crippen LogP contribution in [-0.2, 0) is 38.3 Å². The highest BCUT2D eigenvalue weighted by atomic mass is 32.3. The van der Waals surface area contributed by atoms with E-state index < -0.39 is 59.8 Å². The average Bonchev–Trinajstić information content (AvgIpc) is 3.35. The minimum absolute atomic E-state index is 0.0387. The Kier molecular flexibility index (Phi) is 47.1. The fraction of sp³-hybridized carbons (Fsp3) is 0.914. The number of allylic oxidation sites excluding steroid dienone is 4. The summed E-state index contributed by atoms with van der Waals surface area (Å²) in [5, 5.41) is 30.8. The summed E-state index contributed by atoms with van der Waals surface area (Å²) in [5.74, 6) is -0.393. The SMILES string of the molecule is CCCCC/C=C\C/C=C\CCCCCCCCCCCCOCC(COC1OC(CO)C(O)C(OS(=O)(=O)O)C1O)OC(=O)CCCCCCCCCCCCCCCCCCCCCCCCCC. The summed E-state index contributed by atoms with van der Waals surface area (Å²) < 4.78 is 59.5. The second-order valence-corrected chi connectivity index (χ2v) is 21.6. The number of aliphatic hydroxyl groups excluding tert-OH is 3. The van der Waals surface area contributed by atoms with Crippen LogP contribution in [0.2, 0.25) is 0 Å². The van der Waals surface area contributed by atoms with Crippen LogP contribution in [-0.4, -0.2) is 97.5 Å². The molecule has 4 N–H and O–H groups in total. The molecular weight excluding hydrogens is 921 g/mol. The molecule has 0 amide bonds. The van der Waals surface area contributed by atoms with Gasteiger partial charge in [0.1, 0.15) is 30.5 Å². The normalized spacial score (nSPS) is 19.1. The van der Waals surface area contributed by atoms with E-state index >= 15 is 0 Å². The molecule has 420 valence electrons. The molecule has 0 aromatic heterocycles. The molecule has 12 nitrogen and oxygen atoms in total. The number of aliphatic hydroxyl groups is 3. The molecule has 0 aromatic carbocycles. The highest BCUT2D eigenvalue weighted by Gasteiger charge is 2.48. The quantitative estimate of drug-likeness (QED) is 0.0196. The van der Waals surface area contributed by atoms with E-state index in [-0.39, 0.29) is 19.6 Å². The zero-order chi connectivity index (χ0) is 51.7. The first-order valence-corrected chi connectivity index (χ1v) is 31.0. The Bertz CT molecular complexity index is 1330. The summed E-state index contributed by atoms with van der Waals surface area (Å²) in [6.45, 7) is 4.03. The average molecular weight is 1030 g/mol. The van der Waals surface area contributed by atoms with Gasteiger partial charge in [-0.2, -0.15) is 8.42 Å². The molecule has 13 heteroatoms. The summed E-state index contributed by atoms with van der Waals surface area (Å²) in [5.41, 5.74) is 0. The van der Waals surface area contributed by atoms with Crippen LogP contribution in [0.3, 0.4) is 0 Å². The number of hydrogen-bond donors (Lipinski definition) is 4. The monoisotopic (exact) mass is 1030 g/mol. The fourth-order valence-electron chi connectivity index (χ4n) is 9.35. The Hall–Kier alpha value is -1.42. The molecule has 1 aliphatic heterocycles. The highest BCUT2D eigenvalue weighted by molar-refractivity contribution is 7.80. The zero-order valence-electron chi connectivity index (χ0n) is 45.6. The number of ether oxygens (including phenoxy) is 4. The van der Waals surface area contributed by atoms with Gasteiger partial charge in [0, 0.05) is 13.0 Å². The number of carbonyl (C=O) groups excluding carboxylic acids is 1. The van der Waals surface area contributed by atoms with Crippen molar-refractivity contribution in [2.24, 2.45) is 0 Å². The predicted molar refractivity (Wildman–Crippen MR) is 290 cm³/mol. The van der Waals surface area contributed by atoms with Gasteiger partial charge in [0.15, 0.2) is 6.29 Å². The summed E-state index contributed by atoms with van der Waals surface area (Å²) in [6, 6.07) is 0. The number of unbranched alkanes of at least 4 members (excludes halogenated alkanes) is 36. The van der Waals surface area contributed by atoms with Crippen LogP contribution < -0.4 is 0 Å². The third-order valence-electron chi connectivity index (χ3n) is 13.8. The van der Waals surface area contributed by atoms with Crippen LogP contribution in [0.4, 0.5) is 0 Å². The van der Waals surface area contributed by atoms with Crippen LogP contribution in [0.5, 0.6) is 0 Å². The van der Waals surface area contributed by atoms with E-state index in [4.69, 9.17) is 18.9 Å². The van der Waals surface area contributed by atoms with Crippen molar-refractivity contribution < 1.29 is 56.2 Å². The Balaban J connectivity index is 2.27. The molecule has 1 aliphatic rings. The largest absolute Gasteiger partial charge is 0.457 e. The van der Waals surface area contributed by atoms with Crippen molar-refractivity contribution in [3.05, 3.63) is 24.3 Å². The van der Waals surface area contributed by atoms with Gasteiger partial charge in [0.2, 0.25) is 0 Å². The van der Waals surface area contributed by atoms with Crippen LogP contribution in [0, 0.1) is 0 Å². The lowest BCUT2D eigenvalue weighted by Gasteiger charge is -2.41. The molecule has 0 spiro atoms. The molecule has 71 heavy (non-hydrogen) atoms. The van der Waals surface area contributed by atoms with Crippen molar-refractivity contribution in [1.82, 2.24) is 0 Å². The van der Waals surface area contributed by atoms with Crippen molar-refractivity contribution in [3.8, 4) is 0 Å². The molecule has 0 saturated carbocycles. The van der Waals surface area contributed by atoms with Gasteiger partial charge in [0.05, 0.1) is 19.8 Å². The van der Waals surface area contributed by atoms with E-state index in [0.29, 0.717) is 13.0 Å². The highest BCUT2D eigenvalue weighted by Crippen LogP contribution is 2.26. The lowest BCUT2D eigenvalue weighted by Crippen LogP contribution is -2.60. The van der Waals surface area contributed by atoms with E-state index in [1.807, 2.05) is 0 Å². The minimum atomic E-state index is -5.07. The second-order valence-electron chi connectivity index (χ2n) is 20.6. The summed E-state index contributed by atoms with van der Waals surface area (Å²) in [4.78, 5) is 13.0. The van der Waals surface area contributed by atoms with Crippen molar-refractivity contribution in [1.29, 1.82) is 0 Å². The van der Waals surface area contributed by atoms with E-state index in [1.165, 1.54) is 205 Å². The lowest BCUT2D eigenvalue weighted by molar-refractivity contribution is -0.301. The molecule has 0 aromatic rings. The van der Waals surface area contributed by atoms with Crippen LogP contribution in [0.1, 0.15) is 277 Å². The molecule has 1 fully saturated rings. The molecule has 6 atom stereocenters. The van der Waals surface area contributed by atoms with Gasteiger partial charge in [-0.15, -0.1) is 0 Å². The molecule has 6 unspecified atom stereocenters. The topological polar surface area (TPSA) is 178 Å². The van der Waals surface area contributed by atoms with Gasteiger partial charge < -0.3 is 34.3 Å². The Labute approximate surface area is 435 Å². The Morgan fingerprint density at radius 2 is 0.930 bits per heavy atom. The predicted octanol–water partition coefficient (Wildman–Crippen LogP) is 14.7. The standard InChI is InChI=1S/C58H110O12S/c1-3-5-7-9-11-13-15-17-19-21-23-25-26-27-28-29-31-33-35-37-39-41-43-45-47-54(60)68-52(51-67-58-56(62)57(70-71(63,64)65)55(61)53(49-59)69-58)50-66-48-46-44-42-40-38-36-34-32-30-24-22-20-18-16-14-12-10-8-6-4-2/h12,14,18,20,52-53,55-59,61-62H,3-11,13,15-17,19,21-51H2,1-2H3,(H,63,64,65)/b14-12-,20-18-. The maximum Gasteiger partial charge on any atom is 0.397 e. The van der Waals surface area contributed by atoms with Crippen molar-refractivity contribution in [2.45, 2.75) is 314 Å². The smallest absolute Gasteiger partial charge is 0.397 e. The lowest BCUT2D eigenvalue weighted by atomic mass is 9.99. The van der Waals surface area contributed by atoms with Crippen LogP contribution in [0.25, 0.3) is 0 Å². The zero-order valence-corrected chi connectivity index (χ0v) is 46.4. The van der Waals surface area contributed by atoms with Crippen molar-refractivity contribution in [2.75, 3.05) is 26.4 Å².